The Kier molecular flexibility index (Phi) is 4.84. The van der Waals surface area contributed by atoms with E-state index < -0.39 is 11.7 Å². The molecule has 1 aromatic carbocycles. The number of hydrogen-bond donors (Lipinski definition) is 1. The summed E-state index contributed by atoms with van der Waals surface area (Å²) in [6, 6.07) is 4.29. The maximum absolute atomic E-state index is 13.2. The van der Waals surface area contributed by atoms with Crippen LogP contribution in [0, 0.1) is 6.92 Å². The summed E-state index contributed by atoms with van der Waals surface area (Å²) in [6.45, 7) is 2.21. The first kappa shape index (κ1) is 15.8. The lowest BCUT2D eigenvalue weighted by atomic mass is 10.1. The van der Waals surface area contributed by atoms with E-state index in [9.17, 15) is 13.2 Å². The fraction of sp³-hybridized carbons (Fsp3) is 0.286. The second kappa shape index (κ2) is 6.44. The predicted octanol–water partition coefficient (Wildman–Crippen LogP) is 3.67. The minimum Gasteiger partial charge on any atom is -0.316 e. The number of aryl methyl sites for hydroxylation is 1. The molecule has 21 heavy (non-hydrogen) atoms. The van der Waals surface area contributed by atoms with Crippen LogP contribution in [-0.2, 0) is 12.7 Å². The lowest BCUT2D eigenvalue weighted by Crippen LogP contribution is -2.10. The molecule has 0 unspecified atom stereocenters. The molecule has 0 saturated heterocycles. The zero-order chi connectivity index (χ0) is 15.5. The molecule has 2 rings (SSSR count). The van der Waals surface area contributed by atoms with Crippen LogP contribution in [0.1, 0.15) is 16.7 Å². The number of aromatic nitrogens is 2. The summed E-state index contributed by atoms with van der Waals surface area (Å²) in [6.07, 6.45) is -1.24. The van der Waals surface area contributed by atoms with E-state index in [1.165, 1.54) is 6.07 Å². The largest absolute Gasteiger partial charge is 0.417 e. The smallest absolute Gasteiger partial charge is 0.316 e. The second-order valence-corrected chi connectivity index (χ2v) is 5.51. The molecular formula is C14H14F3N3S. The van der Waals surface area contributed by atoms with E-state index in [1.807, 2.05) is 6.92 Å². The molecule has 0 aliphatic carbocycles. The van der Waals surface area contributed by atoms with Gasteiger partial charge >= 0.3 is 6.18 Å². The minimum atomic E-state index is -4.41. The van der Waals surface area contributed by atoms with Crippen LogP contribution in [0.3, 0.4) is 0 Å². The van der Waals surface area contributed by atoms with Crippen LogP contribution < -0.4 is 5.32 Å². The van der Waals surface area contributed by atoms with Gasteiger partial charge in [0.2, 0.25) is 0 Å². The van der Waals surface area contributed by atoms with Gasteiger partial charge in [0.25, 0.3) is 0 Å². The highest BCUT2D eigenvalue weighted by Crippen LogP contribution is 2.39. The summed E-state index contributed by atoms with van der Waals surface area (Å²) in [5, 5.41) is 3.14. The van der Waals surface area contributed by atoms with E-state index in [4.69, 9.17) is 0 Å². The van der Waals surface area contributed by atoms with Gasteiger partial charge in [-0.2, -0.15) is 13.2 Å². The molecule has 112 valence electrons. The molecule has 0 bridgehead atoms. The van der Waals surface area contributed by atoms with E-state index in [1.54, 1.807) is 25.5 Å². The van der Waals surface area contributed by atoms with Gasteiger partial charge in [0, 0.05) is 23.8 Å². The maximum atomic E-state index is 13.2. The van der Waals surface area contributed by atoms with Gasteiger partial charge in [-0.15, -0.1) is 0 Å². The Bertz CT molecular complexity index is 612. The Balaban J connectivity index is 2.35. The van der Waals surface area contributed by atoms with Crippen molar-refractivity contribution in [3.8, 4) is 0 Å². The van der Waals surface area contributed by atoms with Crippen molar-refractivity contribution in [2.24, 2.45) is 0 Å². The van der Waals surface area contributed by atoms with Crippen LogP contribution in [0.4, 0.5) is 13.2 Å². The standard InChI is InChI=1S/C14H14F3N3S/c1-9-6-19-13(20-7-9)21-12-4-3-10(8-18-2)5-11(12)14(15,16)17/h3-7,18H,8H2,1-2H3. The lowest BCUT2D eigenvalue weighted by molar-refractivity contribution is -0.139. The van der Waals surface area contributed by atoms with Crippen LogP contribution >= 0.6 is 11.8 Å². The number of rotatable bonds is 4. The van der Waals surface area contributed by atoms with Crippen LogP contribution in [0.15, 0.2) is 40.6 Å². The SMILES string of the molecule is CNCc1ccc(Sc2ncc(C)cn2)c(C(F)(F)F)c1. The Morgan fingerprint density at radius 3 is 2.43 bits per heavy atom. The highest BCUT2D eigenvalue weighted by Gasteiger charge is 2.34. The average molecular weight is 313 g/mol. The lowest BCUT2D eigenvalue weighted by Gasteiger charge is -2.13. The van der Waals surface area contributed by atoms with Crippen molar-refractivity contribution in [2.75, 3.05) is 7.05 Å². The van der Waals surface area contributed by atoms with Crippen LogP contribution in [-0.4, -0.2) is 17.0 Å². The van der Waals surface area contributed by atoms with Gasteiger partial charge in [0.15, 0.2) is 5.16 Å². The van der Waals surface area contributed by atoms with Crippen LogP contribution in [0.5, 0.6) is 0 Å². The van der Waals surface area contributed by atoms with Crippen molar-refractivity contribution in [1.82, 2.24) is 15.3 Å². The normalized spacial score (nSPS) is 11.7. The number of alkyl halides is 3. The van der Waals surface area contributed by atoms with Crippen molar-refractivity contribution in [2.45, 2.75) is 29.7 Å². The molecule has 0 spiro atoms. The van der Waals surface area contributed by atoms with E-state index in [0.717, 1.165) is 23.4 Å². The Hall–Kier alpha value is -1.60. The maximum Gasteiger partial charge on any atom is 0.417 e. The van der Waals surface area contributed by atoms with Crippen LogP contribution in [0.2, 0.25) is 0 Å². The summed E-state index contributed by atoms with van der Waals surface area (Å²) in [4.78, 5) is 8.16. The number of nitrogens with zero attached hydrogens (tertiary/aromatic N) is 2. The number of halogens is 3. The fourth-order valence-electron chi connectivity index (χ4n) is 1.73. The van der Waals surface area contributed by atoms with E-state index in [0.29, 0.717) is 17.3 Å². The zero-order valence-electron chi connectivity index (χ0n) is 11.5. The fourth-order valence-corrected chi connectivity index (χ4v) is 2.56. The third-order valence-electron chi connectivity index (χ3n) is 2.69. The molecule has 0 aliphatic heterocycles. The minimum absolute atomic E-state index is 0.103. The van der Waals surface area contributed by atoms with Crippen molar-refractivity contribution < 1.29 is 13.2 Å². The van der Waals surface area contributed by atoms with Gasteiger partial charge in [0.05, 0.1) is 5.56 Å². The number of benzene rings is 1. The number of nitrogens with one attached hydrogen (secondary N) is 1. The second-order valence-electron chi connectivity index (χ2n) is 4.50. The molecule has 0 aliphatic rings. The van der Waals surface area contributed by atoms with Gasteiger partial charge < -0.3 is 5.32 Å². The Morgan fingerprint density at radius 1 is 1.19 bits per heavy atom. The highest BCUT2D eigenvalue weighted by molar-refractivity contribution is 7.99. The molecule has 3 nitrogen and oxygen atoms in total. The topological polar surface area (TPSA) is 37.8 Å². The molecule has 0 radical (unpaired) electrons. The first-order valence-electron chi connectivity index (χ1n) is 6.21. The summed E-state index contributed by atoms with van der Waals surface area (Å²) < 4.78 is 39.5. The van der Waals surface area contributed by atoms with Crippen molar-refractivity contribution in [3.63, 3.8) is 0 Å². The summed E-state index contributed by atoms with van der Waals surface area (Å²) >= 11 is 0.914. The summed E-state index contributed by atoms with van der Waals surface area (Å²) in [5.41, 5.74) is 0.781. The van der Waals surface area contributed by atoms with Gasteiger partial charge in [-0.1, -0.05) is 6.07 Å². The quantitative estimate of drug-likeness (QED) is 0.874. The van der Waals surface area contributed by atoms with Gasteiger partial charge in [-0.05, 0) is 49.0 Å². The molecule has 1 N–H and O–H groups in total. The van der Waals surface area contributed by atoms with Gasteiger partial charge in [-0.3, -0.25) is 0 Å². The van der Waals surface area contributed by atoms with Crippen LogP contribution in [0.25, 0.3) is 0 Å². The Morgan fingerprint density at radius 2 is 1.86 bits per heavy atom. The molecule has 2 aromatic rings. The highest BCUT2D eigenvalue weighted by atomic mass is 32.2. The van der Waals surface area contributed by atoms with Crippen molar-refractivity contribution in [3.05, 3.63) is 47.3 Å². The molecule has 0 amide bonds. The van der Waals surface area contributed by atoms with Gasteiger partial charge in [-0.25, -0.2) is 9.97 Å². The molecular weight excluding hydrogens is 299 g/mol. The molecule has 1 aromatic heterocycles. The van der Waals surface area contributed by atoms with Crippen molar-refractivity contribution >= 4 is 11.8 Å². The third-order valence-corrected chi connectivity index (χ3v) is 3.66. The van der Waals surface area contributed by atoms with Gasteiger partial charge in [0.1, 0.15) is 0 Å². The Labute approximate surface area is 125 Å². The first-order valence-corrected chi connectivity index (χ1v) is 7.03. The molecule has 0 atom stereocenters. The summed E-state index contributed by atoms with van der Waals surface area (Å²) in [5.74, 6) is 0. The molecule has 0 fully saturated rings. The molecule has 7 heteroatoms. The average Bonchev–Trinajstić information content (AvgIpc) is 2.42. The monoisotopic (exact) mass is 313 g/mol. The first-order chi connectivity index (χ1) is 9.90. The van der Waals surface area contributed by atoms with E-state index in [-0.39, 0.29) is 4.90 Å². The van der Waals surface area contributed by atoms with Crippen molar-refractivity contribution in [1.29, 1.82) is 0 Å². The summed E-state index contributed by atoms with van der Waals surface area (Å²) in [7, 11) is 1.69. The molecule has 1 heterocycles. The third kappa shape index (κ3) is 4.18. The zero-order valence-corrected chi connectivity index (χ0v) is 12.3. The predicted molar refractivity (Wildman–Crippen MR) is 75.1 cm³/mol. The molecule has 0 saturated carbocycles. The van der Waals surface area contributed by atoms with E-state index in [2.05, 4.69) is 15.3 Å². The van der Waals surface area contributed by atoms with E-state index >= 15 is 0 Å². The number of hydrogen-bond acceptors (Lipinski definition) is 4.